The minimum atomic E-state index is -0.899. The highest BCUT2D eigenvalue weighted by Gasteiger charge is 2.31. The first-order valence-corrected chi connectivity index (χ1v) is 6.07. The lowest BCUT2D eigenvalue weighted by Crippen LogP contribution is -2.28. The molecule has 1 aliphatic rings. The van der Waals surface area contributed by atoms with E-state index in [0.717, 1.165) is 37.7 Å². The largest absolute Gasteiger partial charge is 0.373 e. The summed E-state index contributed by atoms with van der Waals surface area (Å²) < 4.78 is 0. The molecular weight excluding hydrogens is 196 g/mol. The van der Waals surface area contributed by atoms with E-state index in [9.17, 15) is 5.11 Å². The van der Waals surface area contributed by atoms with Crippen molar-refractivity contribution < 1.29 is 5.11 Å². The van der Waals surface area contributed by atoms with E-state index >= 15 is 0 Å². The lowest BCUT2D eigenvalue weighted by molar-refractivity contribution is 0.0804. The zero-order valence-electron chi connectivity index (χ0n) is 9.79. The van der Waals surface area contributed by atoms with E-state index in [4.69, 9.17) is 0 Å². The van der Waals surface area contributed by atoms with Gasteiger partial charge in [0.1, 0.15) is 0 Å². The van der Waals surface area contributed by atoms with Crippen LogP contribution < -0.4 is 0 Å². The lowest BCUT2D eigenvalue weighted by Gasteiger charge is -2.29. The predicted octanol–water partition coefficient (Wildman–Crippen LogP) is 3.01. The van der Waals surface area contributed by atoms with E-state index in [1.54, 1.807) is 0 Å². The fraction of sp³-hybridized carbons (Fsp3) is 0.467. The van der Waals surface area contributed by atoms with Crippen molar-refractivity contribution in [3.63, 3.8) is 0 Å². The molecule has 1 aliphatic carbocycles. The summed E-state index contributed by atoms with van der Waals surface area (Å²) in [7, 11) is 0. The maximum atomic E-state index is 10.6. The van der Waals surface area contributed by atoms with Crippen molar-refractivity contribution in [3.8, 4) is 11.8 Å². The van der Waals surface area contributed by atoms with Crippen LogP contribution in [0, 0.1) is 11.8 Å². The highest BCUT2D eigenvalue weighted by atomic mass is 16.3. The van der Waals surface area contributed by atoms with E-state index in [1.807, 2.05) is 18.2 Å². The fourth-order valence-electron chi connectivity index (χ4n) is 2.27. The molecule has 0 heterocycles. The van der Waals surface area contributed by atoms with Gasteiger partial charge in [-0.3, -0.25) is 0 Å². The Labute approximate surface area is 97.5 Å². The minimum Gasteiger partial charge on any atom is -0.373 e. The molecule has 0 fully saturated rings. The Balaban J connectivity index is 2.34. The smallest absolute Gasteiger partial charge is 0.151 e. The van der Waals surface area contributed by atoms with Crippen LogP contribution in [0.1, 0.15) is 43.7 Å². The van der Waals surface area contributed by atoms with Crippen molar-refractivity contribution in [2.24, 2.45) is 0 Å². The average molecular weight is 214 g/mol. The van der Waals surface area contributed by atoms with E-state index in [-0.39, 0.29) is 0 Å². The first-order chi connectivity index (χ1) is 7.76. The monoisotopic (exact) mass is 214 g/mol. The second kappa shape index (κ2) is 4.72. The maximum absolute atomic E-state index is 10.6. The number of aryl methyl sites for hydroxylation is 1. The molecule has 1 atom stereocenters. The van der Waals surface area contributed by atoms with Crippen molar-refractivity contribution in [1.29, 1.82) is 0 Å². The van der Waals surface area contributed by atoms with Gasteiger partial charge in [-0.15, -0.1) is 0 Å². The van der Waals surface area contributed by atoms with Crippen LogP contribution in [0.2, 0.25) is 0 Å². The Morgan fingerprint density at radius 3 is 3.00 bits per heavy atom. The van der Waals surface area contributed by atoms with E-state index in [1.165, 1.54) is 5.56 Å². The van der Waals surface area contributed by atoms with Gasteiger partial charge in [-0.2, -0.15) is 0 Å². The second-order valence-electron chi connectivity index (χ2n) is 4.42. The van der Waals surface area contributed by atoms with Crippen LogP contribution in [0.15, 0.2) is 24.3 Å². The van der Waals surface area contributed by atoms with Gasteiger partial charge in [0.05, 0.1) is 0 Å². The summed E-state index contributed by atoms with van der Waals surface area (Å²) in [6.45, 7) is 2.10. The highest BCUT2D eigenvalue weighted by molar-refractivity contribution is 5.40. The number of unbranched alkanes of at least 4 members (excludes halogenated alkanes) is 1. The molecule has 0 aromatic heterocycles. The molecule has 0 spiro atoms. The molecule has 0 saturated carbocycles. The van der Waals surface area contributed by atoms with Crippen molar-refractivity contribution in [2.75, 3.05) is 0 Å². The second-order valence-corrected chi connectivity index (χ2v) is 4.42. The number of benzene rings is 1. The molecule has 1 aromatic rings. The molecule has 0 amide bonds. The first kappa shape index (κ1) is 11.2. The highest BCUT2D eigenvalue weighted by Crippen LogP contribution is 2.34. The maximum Gasteiger partial charge on any atom is 0.151 e. The van der Waals surface area contributed by atoms with E-state index in [2.05, 4.69) is 24.8 Å². The Bertz CT molecular complexity index is 425. The molecule has 16 heavy (non-hydrogen) atoms. The number of hydrogen-bond acceptors (Lipinski definition) is 1. The molecule has 1 unspecified atom stereocenters. The Morgan fingerprint density at radius 1 is 1.38 bits per heavy atom. The molecule has 1 nitrogen and oxygen atoms in total. The number of aliphatic hydroxyl groups is 1. The third kappa shape index (κ3) is 2.13. The molecule has 2 rings (SSSR count). The van der Waals surface area contributed by atoms with Crippen molar-refractivity contribution in [2.45, 2.75) is 44.6 Å². The summed E-state index contributed by atoms with van der Waals surface area (Å²) >= 11 is 0. The first-order valence-electron chi connectivity index (χ1n) is 6.07. The van der Waals surface area contributed by atoms with Gasteiger partial charge in [0.2, 0.25) is 0 Å². The summed E-state index contributed by atoms with van der Waals surface area (Å²) in [6, 6.07) is 8.12. The van der Waals surface area contributed by atoms with Crippen LogP contribution in [0.3, 0.4) is 0 Å². The fourth-order valence-corrected chi connectivity index (χ4v) is 2.27. The summed E-state index contributed by atoms with van der Waals surface area (Å²) in [5.74, 6) is 6.15. The van der Waals surface area contributed by atoms with Crippen LogP contribution in [0.5, 0.6) is 0 Å². The molecule has 0 radical (unpaired) electrons. The van der Waals surface area contributed by atoms with Crippen LogP contribution in [0.25, 0.3) is 0 Å². The normalized spacial score (nSPS) is 23.1. The zero-order chi connectivity index (χ0) is 11.4. The van der Waals surface area contributed by atoms with Crippen molar-refractivity contribution >= 4 is 0 Å². The van der Waals surface area contributed by atoms with Gasteiger partial charge in [0.15, 0.2) is 5.60 Å². The van der Waals surface area contributed by atoms with Crippen molar-refractivity contribution in [3.05, 3.63) is 35.4 Å². The molecule has 1 N–H and O–H groups in total. The molecule has 84 valence electrons. The van der Waals surface area contributed by atoms with Crippen LogP contribution in [-0.4, -0.2) is 5.11 Å². The van der Waals surface area contributed by atoms with Crippen LogP contribution >= 0.6 is 0 Å². The molecule has 0 aliphatic heterocycles. The lowest BCUT2D eigenvalue weighted by atomic mass is 9.79. The summed E-state index contributed by atoms with van der Waals surface area (Å²) in [5.41, 5.74) is 1.37. The quantitative estimate of drug-likeness (QED) is 0.712. The topological polar surface area (TPSA) is 20.2 Å². The number of hydrogen-bond donors (Lipinski definition) is 1. The zero-order valence-corrected chi connectivity index (χ0v) is 9.79. The third-order valence-corrected chi connectivity index (χ3v) is 3.12. The van der Waals surface area contributed by atoms with Gasteiger partial charge in [0.25, 0.3) is 0 Å². The predicted molar refractivity (Wildman–Crippen MR) is 66.0 cm³/mol. The summed E-state index contributed by atoms with van der Waals surface area (Å²) in [5, 5.41) is 10.6. The van der Waals surface area contributed by atoms with Gasteiger partial charge in [0, 0.05) is 6.42 Å². The SMILES string of the molecule is CCCC#CC1(O)CCCc2ccccc21. The third-order valence-electron chi connectivity index (χ3n) is 3.12. The van der Waals surface area contributed by atoms with E-state index in [0.29, 0.717) is 0 Å². The van der Waals surface area contributed by atoms with Crippen LogP contribution in [-0.2, 0) is 12.0 Å². The van der Waals surface area contributed by atoms with Gasteiger partial charge in [-0.1, -0.05) is 43.0 Å². The molecular formula is C15H18O. The molecule has 1 heteroatoms. The van der Waals surface area contributed by atoms with Crippen LogP contribution in [0.4, 0.5) is 0 Å². The Morgan fingerprint density at radius 2 is 2.19 bits per heavy atom. The molecule has 0 saturated heterocycles. The summed E-state index contributed by atoms with van der Waals surface area (Å²) in [6.07, 6.45) is 4.76. The van der Waals surface area contributed by atoms with Gasteiger partial charge in [-0.25, -0.2) is 0 Å². The number of fused-ring (bicyclic) bond motifs is 1. The Hall–Kier alpha value is -1.26. The van der Waals surface area contributed by atoms with Gasteiger partial charge < -0.3 is 5.11 Å². The standard InChI is InChI=1S/C15H18O/c1-2-3-6-11-15(16)12-7-9-13-8-4-5-10-14(13)15/h4-5,8,10,16H,2-3,7,9,12H2,1H3. The number of rotatable bonds is 1. The molecule has 1 aromatic carbocycles. The molecule has 0 bridgehead atoms. The van der Waals surface area contributed by atoms with Crippen molar-refractivity contribution in [1.82, 2.24) is 0 Å². The van der Waals surface area contributed by atoms with Gasteiger partial charge in [-0.05, 0) is 36.8 Å². The minimum absolute atomic E-state index is 0.765. The summed E-state index contributed by atoms with van der Waals surface area (Å²) in [4.78, 5) is 0. The average Bonchev–Trinajstić information content (AvgIpc) is 2.30. The van der Waals surface area contributed by atoms with Gasteiger partial charge >= 0.3 is 0 Å². The Kier molecular flexibility index (Phi) is 3.31. The van der Waals surface area contributed by atoms with E-state index < -0.39 is 5.60 Å².